The predicted molar refractivity (Wildman–Crippen MR) is 24.3 cm³/mol. The van der Waals surface area contributed by atoms with Crippen LogP contribution in [-0.4, -0.2) is 31.2 Å². The van der Waals surface area contributed by atoms with E-state index in [0.29, 0.717) is 0 Å². The van der Waals surface area contributed by atoms with E-state index in [2.05, 4.69) is 0 Å². The van der Waals surface area contributed by atoms with Crippen molar-refractivity contribution >= 4 is 19.3 Å². The Kier molecular flexibility index (Phi) is 2.06. The summed E-state index contributed by atoms with van der Waals surface area (Å²) in [6.45, 7) is 0. The van der Waals surface area contributed by atoms with Gasteiger partial charge in [-0.2, -0.15) is 0 Å². The fourth-order valence-corrected chi connectivity index (χ4v) is 0. The van der Waals surface area contributed by atoms with Crippen molar-refractivity contribution < 1.29 is 26.6 Å². The van der Waals surface area contributed by atoms with E-state index in [0.717, 1.165) is 0 Å². The zero-order valence-corrected chi connectivity index (χ0v) is 6.27. The fourth-order valence-electron chi connectivity index (χ4n) is 0. The molecule has 0 spiro atoms. The number of rotatable bonds is 1. The molecule has 0 bridgehead atoms. The van der Waals surface area contributed by atoms with Gasteiger partial charge < -0.3 is 0 Å². The molecule has 4 N–H and O–H groups in total. The molecule has 0 aliphatic heterocycles. The maximum atomic E-state index is 9.64. The average Bonchev–Trinajstić information content (AvgIpc) is 1.25. The van der Waals surface area contributed by atoms with Gasteiger partial charge in [0.1, 0.15) is 0 Å². The molecule has 0 aromatic heterocycles. The van der Waals surface area contributed by atoms with Crippen molar-refractivity contribution in [3.8, 4) is 0 Å². The van der Waals surface area contributed by atoms with Gasteiger partial charge in [0.05, 0.1) is 0 Å². The van der Waals surface area contributed by atoms with Gasteiger partial charge in [0.2, 0.25) is 0 Å². The van der Waals surface area contributed by atoms with E-state index in [1.807, 2.05) is 0 Å². The second-order valence-electron chi connectivity index (χ2n) is 1.03. The summed E-state index contributed by atoms with van der Waals surface area (Å²) in [5.41, 5.74) is 0. The van der Waals surface area contributed by atoms with Gasteiger partial charge >= 0.3 is 45.8 Å². The van der Waals surface area contributed by atoms with Crippen LogP contribution >= 0.6 is 6.29 Å². The molecule has 8 heavy (non-hydrogen) atoms. The molecule has 0 amide bonds. The van der Waals surface area contributed by atoms with Crippen molar-refractivity contribution in [1.29, 1.82) is 0 Å². The van der Waals surface area contributed by atoms with E-state index in [9.17, 15) is 8.40 Å². The molecule has 0 radical (unpaired) electrons. The summed E-state index contributed by atoms with van der Waals surface area (Å²) >= 11 is -5.75. The van der Waals surface area contributed by atoms with E-state index in [4.69, 9.17) is 18.2 Å². The van der Waals surface area contributed by atoms with Gasteiger partial charge in [-0.15, -0.1) is 0 Å². The second-order valence-corrected chi connectivity index (χ2v) is 10.2. The van der Waals surface area contributed by atoms with E-state index in [-0.39, 0.29) is 0 Å². The molecule has 0 aliphatic rings. The van der Waals surface area contributed by atoms with Crippen LogP contribution in [-0.2, 0) is 8.40 Å². The Bertz CT molecular complexity index is 137. The molecular formula is H5O6PSe. The van der Waals surface area contributed by atoms with E-state index >= 15 is 0 Å². The molecule has 0 fully saturated rings. The van der Waals surface area contributed by atoms with Gasteiger partial charge in [0.15, 0.2) is 0 Å². The van der Waals surface area contributed by atoms with Crippen LogP contribution in [0.2, 0.25) is 0 Å². The van der Waals surface area contributed by atoms with Crippen LogP contribution in [0.25, 0.3) is 0 Å². The summed E-state index contributed by atoms with van der Waals surface area (Å²) in [6, 6.07) is 0. The molecule has 0 aliphatic carbocycles. The molecule has 0 aromatic carbocycles. The van der Waals surface area contributed by atoms with Crippen molar-refractivity contribution in [1.82, 2.24) is 0 Å². The van der Waals surface area contributed by atoms with Crippen molar-refractivity contribution in [3.05, 3.63) is 0 Å². The normalized spacial score (nSPS) is 16.0. The summed E-state index contributed by atoms with van der Waals surface area (Å²) in [6.07, 6.45) is -5.12. The maximum absolute atomic E-state index is 9.64. The minimum atomic E-state index is -5.75. The quantitative estimate of drug-likeness (QED) is 0.287. The Labute approximate surface area is 46.6 Å². The Morgan fingerprint density at radius 1 is 1.25 bits per heavy atom. The van der Waals surface area contributed by atoms with E-state index in [1.165, 1.54) is 0 Å². The minimum absolute atomic E-state index is 5.12. The molecule has 0 aromatic rings. The molecule has 8 heteroatoms. The van der Waals surface area contributed by atoms with Crippen LogP contribution in [0.15, 0.2) is 0 Å². The molecule has 0 heterocycles. The third-order valence-electron chi connectivity index (χ3n) is 0.339. The third-order valence-corrected chi connectivity index (χ3v) is 5.29. The first-order valence-corrected chi connectivity index (χ1v) is 7.89. The zero-order valence-electron chi connectivity index (χ0n) is 3.50. The van der Waals surface area contributed by atoms with Crippen molar-refractivity contribution in [2.45, 2.75) is 0 Å². The number of hydrogen-bond acceptors (Lipinski definition) is 2. The molecule has 52 valence electrons. The third kappa shape index (κ3) is 2.11. The van der Waals surface area contributed by atoms with Gasteiger partial charge in [0.25, 0.3) is 0 Å². The topological polar surface area (TPSA) is 115 Å². The summed E-state index contributed by atoms with van der Waals surface area (Å²) in [5.74, 6) is 0. The van der Waals surface area contributed by atoms with Gasteiger partial charge in [0, 0.05) is 0 Å². The summed E-state index contributed by atoms with van der Waals surface area (Å²) in [4.78, 5) is 15.5. The molecule has 0 saturated heterocycles. The molecule has 0 rings (SSSR count). The Morgan fingerprint density at radius 3 is 1.38 bits per heavy atom. The first kappa shape index (κ1) is 8.39. The van der Waals surface area contributed by atoms with Crippen molar-refractivity contribution in [2.24, 2.45) is 0 Å². The van der Waals surface area contributed by atoms with Crippen LogP contribution in [0.3, 0.4) is 0 Å². The standard InChI is InChI=1S/H5O6PSe/c1-7(2,3)8(4,5)6/h8H,(H2,1,2,3)(H2,4,5,6). The summed E-state index contributed by atoms with van der Waals surface area (Å²) < 4.78 is 34.8. The van der Waals surface area contributed by atoms with E-state index < -0.39 is 19.3 Å². The SMILES string of the molecule is O=P(O)(O)[SeH](=O)(O)O. The summed E-state index contributed by atoms with van der Waals surface area (Å²) in [7, 11) is 0. The first-order chi connectivity index (χ1) is 3.25. The van der Waals surface area contributed by atoms with Crippen LogP contribution < -0.4 is 0 Å². The molecular weight excluding hydrogens is 206 g/mol. The van der Waals surface area contributed by atoms with Gasteiger partial charge in [-0.25, -0.2) is 0 Å². The van der Waals surface area contributed by atoms with Crippen LogP contribution in [0.1, 0.15) is 0 Å². The van der Waals surface area contributed by atoms with Gasteiger partial charge in [-0.3, -0.25) is 0 Å². The Morgan fingerprint density at radius 2 is 1.38 bits per heavy atom. The van der Waals surface area contributed by atoms with Crippen LogP contribution in [0.4, 0.5) is 0 Å². The Hall–Kier alpha value is 0.389. The monoisotopic (exact) mass is 212 g/mol. The second kappa shape index (κ2) is 1.97. The average molecular weight is 211 g/mol. The van der Waals surface area contributed by atoms with Crippen molar-refractivity contribution in [2.75, 3.05) is 0 Å². The van der Waals surface area contributed by atoms with Gasteiger partial charge in [-0.05, 0) is 0 Å². The predicted octanol–water partition coefficient (Wildman–Crippen LogP) is -2.25. The zero-order chi connectivity index (χ0) is 7.00. The number of hydrogen-bond donors (Lipinski definition) is 4. The molecule has 0 saturated carbocycles. The molecule has 0 unspecified atom stereocenters. The molecule has 0 atom stereocenters. The van der Waals surface area contributed by atoms with Crippen LogP contribution in [0.5, 0.6) is 0 Å². The first-order valence-electron chi connectivity index (χ1n) is 1.37. The van der Waals surface area contributed by atoms with Crippen molar-refractivity contribution in [3.63, 3.8) is 0 Å². The Balaban J connectivity index is 4.53. The van der Waals surface area contributed by atoms with Gasteiger partial charge in [-0.1, -0.05) is 0 Å². The fraction of sp³-hybridized carbons (Fsp3) is 0. The van der Waals surface area contributed by atoms with E-state index in [1.54, 1.807) is 0 Å². The molecule has 6 nitrogen and oxygen atoms in total. The summed E-state index contributed by atoms with van der Waals surface area (Å²) in [5, 5.41) is 0. The van der Waals surface area contributed by atoms with Crippen LogP contribution in [0, 0.1) is 0 Å².